The Hall–Kier alpha value is -2.52. The van der Waals surface area contributed by atoms with Crippen LogP contribution in [0.1, 0.15) is 12.5 Å². The van der Waals surface area contributed by atoms with E-state index >= 15 is 0 Å². The largest absolute Gasteiger partial charge is 0.448 e. The lowest BCUT2D eigenvalue weighted by Crippen LogP contribution is -2.30. The zero-order valence-electron chi connectivity index (χ0n) is 14.0. The molecule has 138 valence electrons. The monoisotopic (exact) mass is 422 g/mol. The number of hydrogen-bond acceptors (Lipinski definition) is 4. The van der Waals surface area contributed by atoms with Crippen LogP contribution < -0.4 is 5.32 Å². The normalized spacial score (nSPS) is 12.0. The third-order valence-electron chi connectivity index (χ3n) is 3.36. The Kier molecular flexibility index (Phi) is 7.26. The summed E-state index contributed by atoms with van der Waals surface area (Å²) in [5.41, 5.74) is 0.672. The molecule has 0 spiro atoms. The molecular weight excluding hydrogens is 411 g/mol. The Morgan fingerprint density at radius 3 is 2.33 bits per heavy atom. The first kappa shape index (κ1) is 20.8. The number of rotatable bonds is 5. The third-order valence-corrected chi connectivity index (χ3v) is 4.16. The van der Waals surface area contributed by atoms with Gasteiger partial charge >= 0.3 is 5.97 Å². The molecule has 2 aromatic carbocycles. The molecule has 1 N–H and O–H groups in total. The van der Waals surface area contributed by atoms with Gasteiger partial charge in [-0.2, -0.15) is 5.26 Å². The number of nitrogens with one attached hydrogen (secondary N) is 1. The molecule has 27 heavy (non-hydrogen) atoms. The van der Waals surface area contributed by atoms with Crippen LogP contribution in [0, 0.1) is 11.3 Å². The van der Waals surface area contributed by atoms with E-state index < -0.39 is 18.0 Å². The van der Waals surface area contributed by atoms with E-state index in [2.05, 4.69) is 5.32 Å². The molecule has 1 amide bonds. The van der Waals surface area contributed by atoms with Gasteiger partial charge < -0.3 is 10.1 Å². The molecule has 0 saturated carbocycles. The predicted octanol–water partition coefficient (Wildman–Crippen LogP) is 5.12. The van der Waals surface area contributed by atoms with Gasteiger partial charge in [-0.05, 0) is 48.9 Å². The second kappa shape index (κ2) is 9.43. The van der Waals surface area contributed by atoms with Crippen molar-refractivity contribution in [3.8, 4) is 6.07 Å². The quantitative estimate of drug-likeness (QED) is 0.411. The van der Waals surface area contributed by atoms with Crippen molar-refractivity contribution in [2.75, 3.05) is 5.32 Å². The first-order valence-corrected chi connectivity index (χ1v) is 8.78. The van der Waals surface area contributed by atoms with E-state index in [1.807, 2.05) is 0 Å². The number of anilines is 1. The summed E-state index contributed by atoms with van der Waals surface area (Å²) >= 11 is 17.6. The molecule has 0 saturated heterocycles. The lowest BCUT2D eigenvalue weighted by atomic mass is 10.1. The van der Waals surface area contributed by atoms with E-state index in [0.29, 0.717) is 21.3 Å². The molecule has 8 heteroatoms. The Labute approximate surface area is 171 Å². The predicted molar refractivity (Wildman–Crippen MR) is 106 cm³/mol. The summed E-state index contributed by atoms with van der Waals surface area (Å²) in [5.74, 6) is -1.52. The maximum atomic E-state index is 12.2. The fraction of sp³-hybridized carbons (Fsp3) is 0.105. The van der Waals surface area contributed by atoms with Gasteiger partial charge in [0.25, 0.3) is 5.91 Å². The number of nitriles is 1. The van der Waals surface area contributed by atoms with Crippen LogP contribution in [0.4, 0.5) is 5.69 Å². The van der Waals surface area contributed by atoms with Gasteiger partial charge in [0.2, 0.25) is 0 Å². The highest BCUT2D eigenvalue weighted by Gasteiger charge is 2.21. The van der Waals surface area contributed by atoms with Crippen molar-refractivity contribution in [2.45, 2.75) is 13.0 Å². The number of amides is 1. The first-order chi connectivity index (χ1) is 12.8. The van der Waals surface area contributed by atoms with Gasteiger partial charge in [-0.15, -0.1) is 0 Å². The summed E-state index contributed by atoms with van der Waals surface area (Å²) in [6.45, 7) is 1.38. The SMILES string of the molecule is CC(OC(=O)C(C#N)=Cc1ccc(Cl)cc1)C(=O)Nc1ccc(Cl)cc1Cl. The molecule has 0 aromatic heterocycles. The van der Waals surface area contributed by atoms with Crippen molar-refractivity contribution in [1.29, 1.82) is 5.26 Å². The van der Waals surface area contributed by atoms with Crippen LogP contribution in [0.3, 0.4) is 0 Å². The molecule has 2 aromatic rings. The standard InChI is InChI=1S/C19H13Cl3N2O3/c1-11(18(25)24-17-7-6-15(21)9-16(17)22)27-19(26)13(10-23)8-12-2-4-14(20)5-3-12/h2-9,11H,1H3,(H,24,25). The number of benzene rings is 2. The lowest BCUT2D eigenvalue weighted by molar-refractivity contribution is -0.148. The molecule has 0 bridgehead atoms. The van der Waals surface area contributed by atoms with Gasteiger partial charge in [-0.25, -0.2) is 4.79 Å². The molecule has 1 unspecified atom stereocenters. The maximum Gasteiger partial charge on any atom is 0.349 e. The fourth-order valence-electron chi connectivity index (χ4n) is 1.97. The molecule has 1 atom stereocenters. The number of hydrogen-bond donors (Lipinski definition) is 1. The zero-order chi connectivity index (χ0) is 20.0. The van der Waals surface area contributed by atoms with Crippen LogP contribution in [0.25, 0.3) is 6.08 Å². The minimum absolute atomic E-state index is 0.245. The van der Waals surface area contributed by atoms with Gasteiger partial charge in [0.05, 0.1) is 10.7 Å². The summed E-state index contributed by atoms with van der Waals surface area (Å²) in [6, 6.07) is 12.9. The average Bonchev–Trinajstić information content (AvgIpc) is 2.63. The van der Waals surface area contributed by atoms with Crippen molar-refractivity contribution >= 4 is 58.4 Å². The highest BCUT2D eigenvalue weighted by atomic mass is 35.5. The van der Waals surface area contributed by atoms with Gasteiger partial charge in [-0.1, -0.05) is 46.9 Å². The Morgan fingerprint density at radius 2 is 1.74 bits per heavy atom. The molecule has 0 aliphatic rings. The molecule has 5 nitrogen and oxygen atoms in total. The molecule has 0 aliphatic carbocycles. The van der Waals surface area contributed by atoms with Crippen molar-refractivity contribution in [1.82, 2.24) is 0 Å². The van der Waals surface area contributed by atoms with E-state index in [9.17, 15) is 14.9 Å². The molecule has 0 heterocycles. The van der Waals surface area contributed by atoms with Crippen LogP contribution in [0.2, 0.25) is 15.1 Å². The number of carbonyl (C=O) groups excluding carboxylic acids is 2. The van der Waals surface area contributed by atoms with Crippen LogP contribution in [-0.2, 0) is 14.3 Å². The molecule has 0 aliphatic heterocycles. The number of ether oxygens (including phenoxy) is 1. The minimum Gasteiger partial charge on any atom is -0.448 e. The fourth-order valence-corrected chi connectivity index (χ4v) is 2.55. The van der Waals surface area contributed by atoms with Gasteiger partial charge in [0.1, 0.15) is 11.6 Å². The summed E-state index contributed by atoms with van der Waals surface area (Å²) in [5, 5.41) is 12.9. The van der Waals surface area contributed by atoms with E-state index in [-0.39, 0.29) is 10.6 Å². The molecular formula is C19H13Cl3N2O3. The number of esters is 1. The van der Waals surface area contributed by atoms with Crippen molar-refractivity contribution in [2.24, 2.45) is 0 Å². The van der Waals surface area contributed by atoms with E-state index in [1.54, 1.807) is 36.4 Å². The van der Waals surface area contributed by atoms with Crippen LogP contribution in [-0.4, -0.2) is 18.0 Å². The number of nitrogens with zero attached hydrogens (tertiary/aromatic N) is 1. The van der Waals surface area contributed by atoms with Gasteiger partial charge in [0.15, 0.2) is 6.10 Å². The number of halogens is 3. The first-order valence-electron chi connectivity index (χ1n) is 7.64. The van der Waals surface area contributed by atoms with E-state index in [4.69, 9.17) is 39.5 Å². The second-order valence-electron chi connectivity index (χ2n) is 5.38. The van der Waals surface area contributed by atoms with E-state index in [0.717, 1.165) is 0 Å². The van der Waals surface area contributed by atoms with Crippen molar-refractivity contribution < 1.29 is 14.3 Å². The van der Waals surface area contributed by atoms with Crippen LogP contribution in [0.5, 0.6) is 0 Å². The maximum absolute atomic E-state index is 12.2. The summed E-state index contributed by atoms with van der Waals surface area (Å²) in [6.07, 6.45) is 0.200. The van der Waals surface area contributed by atoms with Gasteiger partial charge in [0, 0.05) is 10.0 Å². The van der Waals surface area contributed by atoms with Crippen LogP contribution >= 0.6 is 34.8 Å². The summed E-state index contributed by atoms with van der Waals surface area (Å²) in [4.78, 5) is 24.4. The Bertz CT molecular complexity index is 934. The minimum atomic E-state index is -1.15. The average molecular weight is 424 g/mol. The van der Waals surface area contributed by atoms with Gasteiger partial charge in [-0.3, -0.25) is 4.79 Å². The summed E-state index contributed by atoms with van der Waals surface area (Å²) < 4.78 is 5.06. The highest BCUT2D eigenvalue weighted by molar-refractivity contribution is 6.36. The second-order valence-corrected chi connectivity index (χ2v) is 6.66. The zero-order valence-corrected chi connectivity index (χ0v) is 16.3. The highest BCUT2D eigenvalue weighted by Crippen LogP contribution is 2.25. The Morgan fingerprint density at radius 1 is 1.11 bits per heavy atom. The molecule has 2 rings (SSSR count). The number of carbonyl (C=O) groups is 2. The third kappa shape index (κ3) is 6.00. The lowest BCUT2D eigenvalue weighted by Gasteiger charge is -2.14. The van der Waals surface area contributed by atoms with Crippen molar-refractivity contribution in [3.63, 3.8) is 0 Å². The van der Waals surface area contributed by atoms with E-state index in [1.165, 1.54) is 25.1 Å². The summed E-state index contributed by atoms with van der Waals surface area (Å²) in [7, 11) is 0. The smallest absolute Gasteiger partial charge is 0.349 e. The Balaban J connectivity index is 2.05. The molecule has 0 radical (unpaired) electrons. The molecule has 0 fully saturated rings. The topological polar surface area (TPSA) is 79.2 Å². The van der Waals surface area contributed by atoms with Crippen LogP contribution in [0.15, 0.2) is 48.0 Å². The van der Waals surface area contributed by atoms with Crippen molar-refractivity contribution in [3.05, 3.63) is 68.7 Å².